The average molecular weight is 246 g/mol. The van der Waals surface area contributed by atoms with Gasteiger partial charge in [0.25, 0.3) is 5.56 Å². The second kappa shape index (κ2) is 3.74. The van der Waals surface area contributed by atoms with Crippen molar-refractivity contribution in [3.63, 3.8) is 0 Å². The highest BCUT2D eigenvalue weighted by molar-refractivity contribution is 9.10. The molecule has 0 aliphatic carbocycles. The molecule has 0 radical (unpaired) electrons. The quantitative estimate of drug-likeness (QED) is 0.826. The van der Waals surface area contributed by atoms with Crippen LogP contribution < -0.4 is 5.56 Å². The van der Waals surface area contributed by atoms with Crippen molar-refractivity contribution in [2.24, 2.45) is 0 Å². The summed E-state index contributed by atoms with van der Waals surface area (Å²) in [5, 5.41) is 8.69. The maximum atomic E-state index is 10.9. The lowest BCUT2D eigenvalue weighted by molar-refractivity contribution is -0.138. The average Bonchev–Trinajstić information content (AvgIpc) is 2.08. The molecule has 1 unspecified atom stereocenters. The number of hydrogen-bond donors (Lipinski definition) is 2. The van der Waals surface area contributed by atoms with Gasteiger partial charge in [0.1, 0.15) is 0 Å². The lowest BCUT2D eigenvalue weighted by atomic mass is 10.0. The highest BCUT2D eigenvalue weighted by Gasteiger charge is 2.14. The molecule has 0 aliphatic rings. The van der Waals surface area contributed by atoms with Crippen LogP contribution in [0.25, 0.3) is 0 Å². The first kappa shape index (κ1) is 9.98. The summed E-state index contributed by atoms with van der Waals surface area (Å²) in [5.74, 6) is -1.54. The third-order valence-electron chi connectivity index (χ3n) is 1.75. The van der Waals surface area contributed by atoms with Crippen LogP contribution >= 0.6 is 15.9 Å². The van der Waals surface area contributed by atoms with Crippen LogP contribution in [0.1, 0.15) is 18.4 Å². The molecule has 1 aromatic heterocycles. The summed E-state index contributed by atoms with van der Waals surface area (Å²) in [6, 6.07) is 1.51. The van der Waals surface area contributed by atoms with Crippen molar-refractivity contribution in [3.05, 3.63) is 32.7 Å². The Labute approximate surface area is 82.7 Å². The van der Waals surface area contributed by atoms with E-state index >= 15 is 0 Å². The van der Waals surface area contributed by atoms with E-state index in [1.54, 1.807) is 6.92 Å². The van der Waals surface area contributed by atoms with E-state index in [0.717, 1.165) is 0 Å². The Morgan fingerprint density at radius 1 is 1.69 bits per heavy atom. The van der Waals surface area contributed by atoms with Crippen LogP contribution in [0.2, 0.25) is 0 Å². The molecule has 0 spiro atoms. The lowest BCUT2D eigenvalue weighted by Crippen LogP contribution is -2.12. The maximum absolute atomic E-state index is 10.9. The Balaban J connectivity index is 3.11. The highest BCUT2D eigenvalue weighted by Crippen LogP contribution is 2.15. The van der Waals surface area contributed by atoms with Gasteiger partial charge in [0.2, 0.25) is 0 Å². The molecular formula is C8H8BrNO3. The number of halogens is 1. The Bertz CT molecular complexity index is 385. The van der Waals surface area contributed by atoms with Gasteiger partial charge in [0.15, 0.2) is 0 Å². The number of pyridine rings is 1. The van der Waals surface area contributed by atoms with Gasteiger partial charge in [-0.25, -0.2) is 0 Å². The van der Waals surface area contributed by atoms with Crippen LogP contribution in [0.5, 0.6) is 0 Å². The van der Waals surface area contributed by atoms with Crippen molar-refractivity contribution in [3.8, 4) is 0 Å². The first-order valence-electron chi connectivity index (χ1n) is 3.63. The van der Waals surface area contributed by atoms with E-state index in [-0.39, 0.29) is 5.56 Å². The first-order chi connectivity index (χ1) is 6.02. The summed E-state index contributed by atoms with van der Waals surface area (Å²) in [6.45, 7) is 1.56. The number of aromatic nitrogens is 1. The number of H-pyrrole nitrogens is 1. The van der Waals surface area contributed by atoms with Crippen LogP contribution in [-0.2, 0) is 4.79 Å². The van der Waals surface area contributed by atoms with Gasteiger partial charge < -0.3 is 10.1 Å². The van der Waals surface area contributed by atoms with Crippen molar-refractivity contribution in [1.29, 1.82) is 0 Å². The van der Waals surface area contributed by atoms with Crippen molar-refractivity contribution >= 4 is 21.9 Å². The van der Waals surface area contributed by atoms with Crippen LogP contribution in [0.3, 0.4) is 0 Å². The molecule has 0 aliphatic heterocycles. The molecule has 1 atom stereocenters. The first-order valence-corrected chi connectivity index (χ1v) is 4.42. The van der Waals surface area contributed by atoms with Crippen LogP contribution in [-0.4, -0.2) is 16.1 Å². The largest absolute Gasteiger partial charge is 0.481 e. The zero-order chi connectivity index (χ0) is 10.0. The molecule has 4 nitrogen and oxygen atoms in total. The smallest absolute Gasteiger partial charge is 0.310 e. The number of rotatable bonds is 2. The Morgan fingerprint density at radius 2 is 2.31 bits per heavy atom. The van der Waals surface area contributed by atoms with Gasteiger partial charge in [0.05, 0.1) is 10.4 Å². The van der Waals surface area contributed by atoms with E-state index in [1.165, 1.54) is 12.3 Å². The molecule has 1 heterocycles. The zero-order valence-corrected chi connectivity index (χ0v) is 8.46. The van der Waals surface area contributed by atoms with Crippen molar-refractivity contribution in [1.82, 2.24) is 4.98 Å². The third-order valence-corrected chi connectivity index (χ3v) is 2.34. The molecule has 2 N–H and O–H groups in total. The SMILES string of the molecule is CC(C(=O)O)c1c[nH]c(=O)c(Br)c1. The van der Waals surface area contributed by atoms with E-state index in [0.29, 0.717) is 10.0 Å². The molecule has 0 amide bonds. The molecule has 0 aromatic carbocycles. The number of carboxylic acids is 1. The van der Waals surface area contributed by atoms with E-state index in [1.807, 2.05) is 0 Å². The minimum atomic E-state index is -0.918. The van der Waals surface area contributed by atoms with Gasteiger partial charge >= 0.3 is 5.97 Å². The van der Waals surface area contributed by atoms with Gasteiger partial charge in [-0.2, -0.15) is 0 Å². The fourth-order valence-corrected chi connectivity index (χ4v) is 1.24. The third kappa shape index (κ3) is 2.18. The van der Waals surface area contributed by atoms with Gasteiger partial charge in [-0.3, -0.25) is 9.59 Å². The normalized spacial score (nSPS) is 12.5. The molecule has 1 rings (SSSR count). The number of hydrogen-bond acceptors (Lipinski definition) is 2. The molecule has 13 heavy (non-hydrogen) atoms. The van der Waals surface area contributed by atoms with Crippen molar-refractivity contribution in [2.45, 2.75) is 12.8 Å². The van der Waals surface area contributed by atoms with Gasteiger partial charge in [-0.15, -0.1) is 0 Å². The predicted octanol–water partition coefficient (Wildman–Crippen LogP) is 1.33. The molecule has 0 fully saturated rings. The summed E-state index contributed by atoms with van der Waals surface area (Å²) in [7, 11) is 0. The van der Waals surface area contributed by atoms with E-state index in [4.69, 9.17) is 5.11 Å². The van der Waals surface area contributed by atoms with E-state index < -0.39 is 11.9 Å². The van der Waals surface area contributed by atoms with Crippen molar-refractivity contribution in [2.75, 3.05) is 0 Å². The highest BCUT2D eigenvalue weighted by atomic mass is 79.9. The van der Waals surface area contributed by atoms with Crippen LogP contribution in [0, 0.1) is 0 Å². The fraction of sp³-hybridized carbons (Fsp3) is 0.250. The van der Waals surface area contributed by atoms with Gasteiger partial charge in [-0.05, 0) is 34.5 Å². The standard InChI is InChI=1S/C8H8BrNO3/c1-4(8(12)13)5-2-6(9)7(11)10-3-5/h2-4H,1H3,(H,10,11)(H,12,13). The monoisotopic (exact) mass is 245 g/mol. The summed E-state index contributed by atoms with van der Waals surface area (Å²) >= 11 is 3.03. The van der Waals surface area contributed by atoms with E-state index in [2.05, 4.69) is 20.9 Å². The topological polar surface area (TPSA) is 70.2 Å². The summed E-state index contributed by atoms with van der Waals surface area (Å²) in [5.41, 5.74) is 0.306. The number of carbonyl (C=O) groups is 1. The molecule has 70 valence electrons. The number of aliphatic carboxylic acids is 1. The van der Waals surface area contributed by atoms with Gasteiger partial charge in [0, 0.05) is 6.20 Å². The predicted molar refractivity (Wildman–Crippen MR) is 50.8 cm³/mol. The summed E-state index contributed by atoms with van der Waals surface area (Å²) in [4.78, 5) is 23.9. The number of nitrogens with one attached hydrogen (secondary N) is 1. The maximum Gasteiger partial charge on any atom is 0.310 e. The Kier molecular flexibility index (Phi) is 2.87. The lowest BCUT2D eigenvalue weighted by Gasteiger charge is -2.05. The number of carboxylic acid groups (broad SMARTS) is 1. The zero-order valence-electron chi connectivity index (χ0n) is 6.87. The molecule has 1 aromatic rings. The second-order valence-corrected chi connectivity index (χ2v) is 3.52. The Hall–Kier alpha value is -1.10. The summed E-state index contributed by atoms with van der Waals surface area (Å²) < 4.78 is 0.345. The summed E-state index contributed by atoms with van der Waals surface area (Å²) in [6.07, 6.45) is 1.41. The molecule has 0 saturated carbocycles. The second-order valence-electron chi connectivity index (χ2n) is 2.67. The van der Waals surface area contributed by atoms with Crippen molar-refractivity contribution < 1.29 is 9.90 Å². The molecule has 0 bridgehead atoms. The molecular weight excluding hydrogens is 238 g/mol. The van der Waals surface area contributed by atoms with E-state index in [9.17, 15) is 9.59 Å². The molecule has 0 saturated heterocycles. The minimum absolute atomic E-state index is 0.263. The Morgan fingerprint density at radius 3 is 2.77 bits per heavy atom. The number of aromatic amines is 1. The fourth-order valence-electron chi connectivity index (χ4n) is 0.864. The van der Waals surface area contributed by atoms with Crippen LogP contribution in [0.4, 0.5) is 0 Å². The van der Waals surface area contributed by atoms with Crippen LogP contribution in [0.15, 0.2) is 21.5 Å². The molecule has 5 heteroatoms. The van der Waals surface area contributed by atoms with Gasteiger partial charge in [-0.1, -0.05) is 0 Å². The minimum Gasteiger partial charge on any atom is -0.481 e.